The van der Waals surface area contributed by atoms with Crippen LogP contribution in [0.5, 0.6) is 5.88 Å². The first-order valence-corrected chi connectivity index (χ1v) is 9.33. The SMILES string of the molecule is COc1cccc(C2(CN)CCC2)n1.N#CC1(c2cccc(F)n2)CCC1. The molecule has 0 aliphatic heterocycles. The van der Waals surface area contributed by atoms with Crippen LogP contribution in [0.1, 0.15) is 49.9 Å². The van der Waals surface area contributed by atoms with Crippen molar-refractivity contribution in [1.29, 1.82) is 5.26 Å². The van der Waals surface area contributed by atoms with E-state index in [1.807, 2.05) is 12.1 Å². The Morgan fingerprint density at radius 1 is 1.07 bits per heavy atom. The van der Waals surface area contributed by atoms with E-state index in [-0.39, 0.29) is 5.41 Å². The molecule has 2 fully saturated rings. The zero-order chi connectivity index (χ0) is 19.3. The maximum absolute atomic E-state index is 12.8. The molecule has 0 bridgehead atoms. The zero-order valence-electron chi connectivity index (χ0n) is 15.6. The molecule has 6 heteroatoms. The van der Waals surface area contributed by atoms with Gasteiger partial charge in [-0.1, -0.05) is 18.6 Å². The number of aromatic nitrogens is 2. The smallest absolute Gasteiger partial charge is 0.213 e. The number of nitriles is 1. The van der Waals surface area contributed by atoms with Gasteiger partial charge < -0.3 is 10.5 Å². The quantitative estimate of drug-likeness (QED) is 0.833. The molecule has 4 rings (SSSR count). The molecular weight excluding hydrogens is 343 g/mol. The van der Waals surface area contributed by atoms with Crippen molar-refractivity contribution < 1.29 is 9.13 Å². The average Bonchev–Trinajstić information content (AvgIpc) is 2.62. The molecule has 0 radical (unpaired) electrons. The van der Waals surface area contributed by atoms with E-state index in [0.29, 0.717) is 18.1 Å². The molecule has 5 nitrogen and oxygen atoms in total. The summed E-state index contributed by atoms with van der Waals surface area (Å²) in [6, 6.07) is 12.8. The van der Waals surface area contributed by atoms with Gasteiger partial charge in [0, 0.05) is 18.0 Å². The predicted molar refractivity (Wildman–Crippen MR) is 101 cm³/mol. The molecule has 0 aromatic carbocycles. The van der Waals surface area contributed by atoms with Gasteiger partial charge in [0.25, 0.3) is 0 Å². The van der Waals surface area contributed by atoms with Crippen molar-refractivity contribution >= 4 is 0 Å². The summed E-state index contributed by atoms with van der Waals surface area (Å²) in [6.45, 7) is 0.688. The second-order valence-electron chi connectivity index (χ2n) is 7.30. The molecule has 0 amide bonds. The van der Waals surface area contributed by atoms with Crippen LogP contribution >= 0.6 is 0 Å². The van der Waals surface area contributed by atoms with Gasteiger partial charge in [0.1, 0.15) is 0 Å². The highest BCUT2D eigenvalue weighted by Crippen LogP contribution is 2.42. The summed E-state index contributed by atoms with van der Waals surface area (Å²) in [4.78, 5) is 8.20. The number of ether oxygens (including phenoxy) is 1. The number of rotatable bonds is 4. The molecule has 0 saturated heterocycles. The minimum atomic E-state index is -0.501. The van der Waals surface area contributed by atoms with Crippen LogP contribution in [0.25, 0.3) is 0 Å². The fourth-order valence-corrected chi connectivity index (χ4v) is 3.62. The predicted octanol–water partition coefficient (Wildman–Crippen LogP) is 3.64. The molecule has 2 aromatic rings. The lowest BCUT2D eigenvalue weighted by atomic mass is 9.66. The molecule has 2 aliphatic carbocycles. The van der Waals surface area contributed by atoms with E-state index in [0.717, 1.165) is 37.8 Å². The van der Waals surface area contributed by atoms with E-state index in [1.54, 1.807) is 19.2 Å². The largest absolute Gasteiger partial charge is 0.481 e. The average molecular weight is 368 g/mol. The van der Waals surface area contributed by atoms with Gasteiger partial charge in [0.15, 0.2) is 0 Å². The summed E-state index contributed by atoms with van der Waals surface area (Å²) in [6.07, 6.45) is 6.22. The third-order valence-electron chi connectivity index (χ3n) is 5.80. The van der Waals surface area contributed by atoms with Crippen molar-refractivity contribution in [2.75, 3.05) is 13.7 Å². The number of hydrogen-bond donors (Lipinski definition) is 1. The standard InChI is InChI=1S/C11H16N2O.C10H9FN2/c1-14-10-5-2-4-9(13-10)11(8-12)6-3-7-11;11-9-4-1-3-8(13-9)10(7-12)5-2-6-10/h2,4-5H,3,6-8,12H2,1H3;1,3-4H,2,5-6H2. The highest BCUT2D eigenvalue weighted by Gasteiger charge is 2.40. The lowest BCUT2D eigenvalue weighted by Crippen LogP contribution is -2.42. The Hall–Kier alpha value is -2.52. The summed E-state index contributed by atoms with van der Waals surface area (Å²) >= 11 is 0. The van der Waals surface area contributed by atoms with Crippen molar-refractivity contribution in [2.45, 2.75) is 49.4 Å². The van der Waals surface area contributed by atoms with Crippen molar-refractivity contribution in [3.05, 3.63) is 53.7 Å². The van der Waals surface area contributed by atoms with Crippen molar-refractivity contribution in [2.24, 2.45) is 5.73 Å². The topological polar surface area (TPSA) is 84.8 Å². The van der Waals surface area contributed by atoms with E-state index in [9.17, 15) is 4.39 Å². The molecule has 2 heterocycles. The number of nitrogens with two attached hydrogens (primary N) is 1. The summed E-state index contributed by atoms with van der Waals surface area (Å²) in [7, 11) is 1.64. The summed E-state index contributed by atoms with van der Waals surface area (Å²) in [5.41, 5.74) is 7.12. The van der Waals surface area contributed by atoms with Crippen LogP contribution in [-0.4, -0.2) is 23.6 Å². The van der Waals surface area contributed by atoms with Crippen LogP contribution in [0, 0.1) is 17.3 Å². The second-order valence-corrected chi connectivity index (χ2v) is 7.30. The fourth-order valence-electron chi connectivity index (χ4n) is 3.62. The lowest BCUT2D eigenvalue weighted by molar-refractivity contribution is 0.243. The Labute approximate surface area is 159 Å². The molecule has 2 saturated carbocycles. The highest BCUT2D eigenvalue weighted by atomic mass is 19.1. The zero-order valence-corrected chi connectivity index (χ0v) is 15.6. The molecule has 2 aromatic heterocycles. The number of methoxy groups -OCH3 is 1. The Morgan fingerprint density at radius 3 is 2.22 bits per heavy atom. The Bertz CT molecular complexity index is 819. The summed E-state index contributed by atoms with van der Waals surface area (Å²) in [5.74, 6) is 0.182. The number of nitrogens with zero attached hydrogens (tertiary/aromatic N) is 3. The molecule has 0 atom stereocenters. The van der Waals surface area contributed by atoms with Gasteiger partial charge in [-0.2, -0.15) is 9.65 Å². The highest BCUT2D eigenvalue weighted by molar-refractivity contribution is 5.29. The number of halogens is 1. The van der Waals surface area contributed by atoms with E-state index < -0.39 is 11.4 Å². The minimum Gasteiger partial charge on any atom is -0.481 e. The van der Waals surface area contributed by atoms with Gasteiger partial charge in [-0.05, 0) is 50.3 Å². The van der Waals surface area contributed by atoms with Gasteiger partial charge in [-0.15, -0.1) is 0 Å². The molecular formula is C21H25FN4O. The Morgan fingerprint density at radius 2 is 1.74 bits per heavy atom. The maximum atomic E-state index is 12.8. The molecule has 2 N–H and O–H groups in total. The Balaban J connectivity index is 0.000000156. The van der Waals surface area contributed by atoms with Crippen LogP contribution < -0.4 is 10.5 Å². The third kappa shape index (κ3) is 3.79. The number of pyridine rings is 2. The van der Waals surface area contributed by atoms with Crippen LogP contribution in [-0.2, 0) is 10.8 Å². The molecule has 0 unspecified atom stereocenters. The Kier molecular flexibility index (Phi) is 5.71. The maximum Gasteiger partial charge on any atom is 0.213 e. The second kappa shape index (κ2) is 8.01. The van der Waals surface area contributed by atoms with Crippen LogP contribution in [0.3, 0.4) is 0 Å². The first-order chi connectivity index (χ1) is 13.1. The van der Waals surface area contributed by atoms with E-state index >= 15 is 0 Å². The van der Waals surface area contributed by atoms with Crippen molar-refractivity contribution in [1.82, 2.24) is 9.97 Å². The van der Waals surface area contributed by atoms with Crippen LogP contribution in [0.4, 0.5) is 4.39 Å². The number of hydrogen-bond acceptors (Lipinski definition) is 5. The van der Waals surface area contributed by atoms with E-state index in [1.165, 1.54) is 12.5 Å². The lowest BCUT2D eigenvalue weighted by Gasteiger charge is -2.40. The normalized spacial score (nSPS) is 18.7. The summed E-state index contributed by atoms with van der Waals surface area (Å²) in [5, 5.41) is 8.97. The van der Waals surface area contributed by atoms with Gasteiger partial charge in [-0.25, -0.2) is 9.97 Å². The van der Waals surface area contributed by atoms with Crippen LogP contribution in [0.15, 0.2) is 36.4 Å². The first-order valence-electron chi connectivity index (χ1n) is 9.33. The molecule has 27 heavy (non-hydrogen) atoms. The first kappa shape index (κ1) is 19.2. The summed E-state index contributed by atoms with van der Waals surface area (Å²) < 4.78 is 17.9. The fraction of sp³-hybridized carbons (Fsp3) is 0.476. The third-order valence-corrected chi connectivity index (χ3v) is 5.80. The molecule has 0 spiro atoms. The van der Waals surface area contributed by atoms with E-state index in [2.05, 4.69) is 22.1 Å². The van der Waals surface area contributed by atoms with E-state index in [4.69, 9.17) is 15.7 Å². The minimum absolute atomic E-state index is 0.133. The van der Waals surface area contributed by atoms with Crippen molar-refractivity contribution in [3.8, 4) is 11.9 Å². The molecule has 142 valence electrons. The van der Waals surface area contributed by atoms with Gasteiger partial charge in [0.2, 0.25) is 11.8 Å². The van der Waals surface area contributed by atoms with Gasteiger partial charge in [-0.3, -0.25) is 0 Å². The monoisotopic (exact) mass is 368 g/mol. The van der Waals surface area contributed by atoms with Gasteiger partial charge >= 0.3 is 0 Å². The van der Waals surface area contributed by atoms with Gasteiger partial charge in [0.05, 0.1) is 30.0 Å². The van der Waals surface area contributed by atoms with Crippen LogP contribution in [0.2, 0.25) is 0 Å². The molecule has 2 aliphatic rings. The van der Waals surface area contributed by atoms with Crippen molar-refractivity contribution in [3.63, 3.8) is 0 Å².